The van der Waals surface area contributed by atoms with E-state index in [0.29, 0.717) is 11.3 Å². The molecule has 17 heavy (non-hydrogen) atoms. The van der Waals surface area contributed by atoms with E-state index in [9.17, 15) is 0 Å². The van der Waals surface area contributed by atoms with Crippen molar-refractivity contribution in [3.8, 4) is 0 Å². The molecule has 3 unspecified atom stereocenters. The van der Waals surface area contributed by atoms with Gasteiger partial charge in [-0.05, 0) is 18.3 Å². The molecule has 0 aromatic heterocycles. The predicted molar refractivity (Wildman–Crippen MR) is 80.9 cm³/mol. The van der Waals surface area contributed by atoms with Crippen molar-refractivity contribution in [3.05, 3.63) is 0 Å². The molecular formula is C16H33Cl. The lowest BCUT2D eigenvalue weighted by Crippen LogP contribution is -2.19. The molecule has 0 N–H and O–H groups in total. The van der Waals surface area contributed by atoms with Gasteiger partial charge < -0.3 is 0 Å². The van der Waals surface area contributed by atoms with Crippen LogP contribution in [0.25, 0.3) is 0 Å². The van der Waals surface area contributed by atoms with Gasteiger partial charge in [0.1, 0.15) is 0 Å². The van der Waals surface area contributed by atoms with Gasteiger partial charge in [-0.15, -0.1) is 11.6 Å². The van der Waals surface area contributed by atoms with Gasteiger partial charge in [0.2, 0.25) is 0 Å². The minimum Gasteiger partial charge on any atom is -0.123 e. The Bertz CT molecular complexity index is 156. The third-order valence-electron chi connectivity index (χ3n) is 4.06. The molecule has 0 saturated carbocycles. The van der Waals surface area contributed by atoms with Crippen molar-refractivity contribution in [1.82, 2.24) is 0 Å². The van der Waals surface area contributed by atoms with E-state index in [1.54, 1.807) is 0 Å². The van der Waals surface area contributed by atoms with Crippen LogP contribution in [0.3, 0.4) is 0 Å². The second-order valence-corrected chi connectivity index (χ2v) is 6.26. The first-order valence-electron chi connectivity index (χ1n) is 7.77. The molecule has 0 spiro atoms. The van der Waals surface area contributed by atoms with Gasteiger partial charge in [-0.1, -0.05) is 79.1 Å². The van der Waals surface area contributed by atoms with E-state index in [4.69, 9.17) is 11.6 Å². The summed E-state index contributed by atoms with van der Waals surface area (Å²) < 4.78 is 0. The lowest BCUT2D eigenvalue weighted by Gasteiger charge is -2.24. The molecular weight excluding hydrogens is 228 g/mol. The highest BCUT2D eigenvalue weighted by atomic mass is 35.5. The van der Waals surface area contributed by atoms with E-state index in [1.165, 1.54) is 57.8 Å². The van der Waals surface area contributed by atoms with Gasteiger partial charge in [0, 0.05) is 5.38 Å². The minimum absolute atomic E-state index is 0.389. The van der Waals surface area contributed by atoms with Crippen LogP contribution in [0.4, 0.5) is 0 Å². The Morgan fingerprint density at radius 2 is 1.35 bits per heavy atom. The molecule has 0 amide bonds. The van der Waals surface area contributed by atoms with Gasteiger partial charge >= 0.3 is 0 Å². The van der Waals surface area contributed by atoms with E-state index < -0.39 is 0 Å². The summed E-state index contributed by atoms with van der Waals surface area (Å²) in [5, 5.41) is 0.389. The van der Waals surface area contributed by atoms with Crippen LogP contribution in [0, 0.1) is 11.8 Å². The van der Waals surface area contributed by atoms with Gasteiger partial charge in [0.25, 0.3) is 0 Å². The molecule has 0 aromatic carbocycles. The third kappa shape index (κ3) is 8.94. The van der Waals surface area contributed by atoms with E-state index in [2.05, 4.69) is 27.7 Å². The van der Waals surface area contributed by atoms with E-state index in [1.807, 2.05) is 0 Å². The van der Waals surface area contributed by atoms with Gasteiger partial charge in [0.05, 0.1) is 0 Å². The Hall–Kier alpha value is 0.290. The minimum atomic E-state index is 0.389. The topological polar surface area (TPSA) is 0 Å². The number of hydrogen-bond acceptors (Lipinski definition) is 0. The molecule has 0 aliphatic rings. The first-order valence-corrected chi connectivity index (χ1v) is 8.21. The first-order chi connectivity index (χ1) is 8.13. The zero-order chi connectivity index (χ0) is 13.1. The standard InChI is InChI=1S/C16H33Cl/c1-5-7-9-10-11-12-14(3)15(4)16(17)13-8-6-2/h14-16H,5-13H2,1-4H3. The van der Waals surface area contributed by atoms with Crippen LogP contribution in [-0.2, 0) is 0 Å². The fourth-order valence-electron chi connectivity index (χ4n) is 2.35. The number of hydrogen-bond donors (Lipinski definition) is 0. The maximum atomic E-state index is 6.47. The summed E-state index contributed by atoms with van der Waals surface area (Å²) in [6.45, 7) is 9.23. The molecule has 0 rings (SSSR count). The Kier molecular flexibility index (Phi) is 11.6. The van der Waals surface area contributed by atoms with Gasteiger partial charge in [-0.25, -0.2) is 0 Å². The van der Waals surface area contributed by atoms with Crippen molar-refractivity contribution in [3.63, 3.8) is 0 Å². The largest absolute Gasteiger partial charge is 0.123 e. The lowest BCUT2D eigenvalue weighted by molar-refractivity contribution is 0.328. The molecule has 0 nitrogen and oxygen atoms in total. The number of rotatable bonds is 11. The zero-order valence-corrected chi connectivity index (χ0v) is 13.2. The highest BCUT2D eigenvalue weighted by Gasteiger charge is 2.19. The third-order valence-corrected chi connectivity index (χ3v) is 4.68. The Balaban J connectivity index is 3.61. The van der Waals surface area contributed by atoms with Crippen LogP contribution in [0.15, 0.2) is 0 Å². The van der Waals surface area contributed by atoms with Crippen LogP contribution in [0.2, 0.25) is 0 Å². The summed E-state index contributed by atoms with van der Waals surface area (Å²) in [4.78, 5) is 0. The molecule has 104 valence electrons. The fourth-order valence-corrected chi connectivity index (χ4v) is 2.75. The quantitative estimate of drug-likeness (QED) is 0.297. The molecule has 0 heterocycles. The molecule has 0 aliphatic heterocycles. The average molecular weight is 261 g/mol. The van der Waals surface area contributed by atoms with E-state index >= 15 is 0 Å². The highest BCUT2D eigenvalue weighted by Crippen LogP contribution is 2.27. The van der Waals surface area contributed by atoms with Crippen LogP contribution >= 0.6 is 11.6 Å². The summed E-state index contributed by atoms with van der Waals surface area (Å²) in [6, 6.07) is 0. The number of unbranched alkanes of at least 4 members (excludes halogenated alkanes) is 5. The van der Waals surface area contributed by atoms with E-state index in [-0.39, 0.29) is 0 Å². The van der Waals surface area contributed by atoms with Gasteiger partial charge in [-0.3, -0.25) is 0 Å². The zero-order valence-electron chi connectivity index (χ0n) is 12.5. The highest BCUT2D eigenvalue weighted by molar-refractivity contribution is 6.20. The summed E-state index contributed by atoms with van der Waals surface area (Å²) in [5.41, 5.74) is 0. The van der Waals surface area contributed by atoms with Crippen molar-refractivity contribution in [2.75, 3.05) is 0 Å². The summed E-state index contributed by atoms with van der Waals surface area (Å²) in [6.07, 6.45) is 12.1. The fraction of sp³-hybridized carbons (Fsp3) is 1.00. The summed E-state index contributed by atoms with van der Waals surface area (Å²) in [5.74, 6) is 1.46. The van der Waals surface area contributed by atoms with Crippen LogP contribution in [0.5, 0.6) is 0 Å². The monoisotopic (exact) mass is 260 g/mol. The smallest absolute Gasteiger partial charge is 0.0364 e. The predicted octanol–water partition coefficient (Wildman–Crippen LogP) is 6.42. The first kappa shape index (κ1) is 17.3. The van der Waals surface area contributed by atoms with Gasteiger partial charge in [-0.2, -0.15) is 0 Å². The second kappa shape index (κ2) is 11.4. The molecule has 3 atom stereocenters. The van der Waals surface area contributed by atoms with Crippen LogP contribution in [-0.4, -0.2) is 5.38 Å². The average Bonchev–Trinajstić information content (AvgIpc) is 2.34. The second-order valence-electron chi connectivity index (χ2n) is 5.70. The van der Waals surface area contributed by atoms with Crippen LogP contribution in [0.1, 0.15) is 85.5 Å². The Labute approximate surface area is 115 Å². The van der Waals surface area contributed by atoms with Crippen molar-refractivity contribution < 1.29 is 0 Å². The van der Waals surface area contributed by atoms with E-state index in [0.717, 1.165) is 5.92 Å². The molecule has 1 heteroatoms. The Morgan fingerprint density at radius 3 is 1.94 bits per heavy atom. The number of halogens is 1. The molecule has 0 saturated heterocycles. The Morgan fingerprint density at radius 1 is 0.765 bits per heavy atom. The lowest BCUT2D eigenvalue weighted by atomic mass is 9.86. The van der Waals surface area contributed by atoms with Crippen molar-refractivity contribution in [1.29, 1.82) is 0 Å². The van der Waals surface area contributed by atoms with Crippen molar-refractivity contribution in [2.45, 2.75) is 90.9 Å². The number of alkyl halides is 1. The molecule has 0 bridgehead atoms. The SMILES string of the molecule is CCCCCCCC(C)C(C)C(Cl)CCCC. The maximum absolute atomic E-state index is 6.47. The van der Waals surface area contributed by atoms with Gasteiger partial charge in [0.15, 0.2) is 0 Å². The molecule has 0 aliphatic carbocycles. The van der Waals surface area contributed by atoms with Crippen molar-refractivity contribution >= 4 is 11.6 Å². The van der Waals surface area contributed by atoms with Crippen molar-refractivity contribution in [2.24, 2.45) is 11.8 Å². The summed E-state index contributed by atoms with van der Waals surface area (Å²) >= 11 is 6.47. The molecule has 0 fully saturated rings. The normalized spacial score (nSPS) is 16.8. The molecule has 0 aromatic rings. The molecule has 0 radical (unpaired) electrons. The summed E-state index contributed by atoms with van der Waals surface area (Å²) in [7, 11) is 0. The van der Waals surface area contributed by atoms with Crippen LogP contribution < -0.4 is 0 Å². The maximum Gasteiger partial charge on any atom is 0.0364 e.